The van der Waals surface area contributed by atoms with Crippen LogP contribution in [0.4, 0.5) is 5.69 Å². The number of para-hydroxylation sites is 1. The molecular formula is C28H28N2O3. The Morgan fingerprint density at radius 1 is 0.879 bits per heavy atom. The topological polar surface area (TPSA) is 58.6 Å². The highest BCUT2D eigenvalue weighted by Gasteiger charge is 2.39. The lowest BCUT2D eigenvalue weighted by molar-refractivity contribution is -0.137. The van der Waals surface area contributed by atoms with Crippen LogP contribution < -0.4 is 10.1 Å². The number of nitrogens with one attached hydrogen (secondary N) is 1. The molecule has 1 aliphatic heterocycles. The highest BCUT2D eigenvalue weighted by atomic mass is 16.5. The Labute approximate surface area is 194 Å². The van der Waals surface area contributed by atoms with E-state index < -0.39 is 0 Å². The molecule has 1 heterocycles. The first-order chi connectivity index (χ1) is 15.9. The summed E-state index contributed by atoms with van der Waals surface area (Å²) in [7, 11) is 1.58. The minimum atomic E-state index is -0.352. The Morgan fingerprint density at radius 3 is 2.18 bits per heavy atom. The van der Waals surface area contributed by atoms with Crippen LogP contribution in [0.25, 0.3) is 5.57 Å². The predicted octanol–water partition coefficient (Wildman–Crippen LogP) is 5.52. The van der Waals surface area contributed by atoms with Crippen LogP contribution in [0.3, 0.4) is 0 Å². The third kappa shape index (κ3) is 4.53. The Morgan fingerprint density at radius 2 is 1.55 bits per heavy atom. The van der Waals surface area contributed by atoms with Crippen molar-refractivity contribution >= 4 is 23.1 Å². The standard InChI is InChI=1S/C28H28N2O3/c1-18(2)20-13-15-23(16-14-20)29-26-25(21-11-9-19(3)10-12-21)27(31)30(28(26)32)17-22-7-5-6-8-24(22)33-4/h5-16,18,29H,17H2,1-4H3. The second-order valence-corrected chi connectivity index (χ2v) is 8.53. The fraction of sp³-hybridized carbons (Fsp3) is 0.214. The average Bonchev–Trinajstić information content (AvgIpc) is 3.04. The first kappa shape index (κ1) is 22.3. The van der Waals surface area contributed by atoms with E-state index in [1.165, 1.54) is 10.5 Å². The summed E-state index contributed by atoms with van der Waals surface area (Å²) in [5.74, 6) is 0.374. The van der Waals surface area contributed by atoms with E-state index >= 15 is 0 Å². The van der Waals surface area contributed by atoms with Gasteiger partial charge in [0.25, 0.3) is 11.8 Å². The largest absolute Gasteiger partial charge is 0.496 e. The molecule has 0 atom stereocenters. The molecule has 1 aliphatic rings. The van der Waals surface area contributed by atoms with Gasteiger partial charge in [0.1, 0.15) is 11.4 Å². The molecule has 4 rings (SSSR count). The van der Waals surface area contributed by atoms with E-state index in [0.29, 0.717) is 22.8 Å². The summed E-state index contributed by atoms with van der Waals surface area (Å²) in [5.41, 5.74) is 5.20. The number of ether oxygens (including phenoxy) is 1. The van der Waals surface area contributed by atoms with Crippen molar-refractivity contribution in [3.05, 3.63) is 101 Å². The number of anilines is 1. The Balaban J connectivity index is 1.72. The molecular weight excluding hydrogens is 412 g/mol. The molecule has 0 aliphatic carbocycles. The zero-order valence-electron chi connectivity index (χ0n) is 19.4. The highest BCUT2D eigenvalue weighted by Crippen LogP contribution is 2.33. The molecule has 0 saturated heterocycles. The number of carbonyl (C=O) groups is 2. The number of nitrogens with zero attached hydrogens (tertiary/aromatic N) is 1. The van der Waals surface area contributed by atoms with Gasteiger partial charge in [0.15, 0.2) is 0 Å². The average molecular weight is 441 g/mol. The van der Waals surface area contributed by atoms with Crippen LogP contribution in [0.2, 0.25) is 0 Å². The van der Waals surface area contributed by atoms with Gasteiger partial charge in [-0.15, -0.1) is 0 Å². The SMILES string of the molecule is COc1ccccc1CN1C(=O)C(Nc2ccc(C(C)C)cc2)=C(c2ccc(C)cc2)C1=O. The summed E-state index contributed by atoms with van der Waals surface area (Å²) in [6, 6.07) is 23.0. The van der Waals surface area contributed by atoms with Crippen LogP contribution in [-0.4, -0.2) is 23.8 Å². The number of carbonyl (C=O) groups excluding carboxylic acids is 2. The number of benzene rings is 3. The van der Waals surface area contributed by atoms with Crippen LogP contribution >= 0.6 is 0 Å². The van der Waals surface area contributed by atoms with Gasteiger partial charge < -0.3 is 10.1 Å². The van der Waals surface area contributed by atoms with Crippen molar-refractivity contribution in [3.8, 4) is 5.75 Å². The molecule has 5 heteroatoms. The van der Waals surface area contributed by atoms with Gasteiger partial charge in [-0.3, -0.25) is 14.5 Å². The quantitative estimate of drug-likeness (QED) is 0.492. The van der Waals surface area contributed by atoms with Gasteiger partial charge in [0.05, 0.1) is 19.2 Å². The van der Waals surface area contributed by atoms with Crippen molar-refractivity contribution in [1.82, 2.24) is 4.90 Å². The predicted molar refractivity (Wildman–Crippen MR) is 131 cm³/mol. The maximum Gasteiger partial charge on any atom is 0.278 e. The summed E-state index contributed by atoms with van der Waals surface area (Å²) >= 11 is 0. The Kier molecular flexibility index (Phi) is 6.31. The lowest BCUT2D eigenvalue weighted by Crippen LogP contribution is -2.32. The van der Waals surface area contributed by atoms with Crippen molar-refractivity contribution in [3.63, 3.8) is 0 Å². The smallest absolute Gasteiger partial charge is 0.278 e. The number of imide groups is 1. The molecule has 168 valence electrons. The number of hydrogen-bond donors (Lipinski definition) is 1. The van der Waals surface area contributed by atoms with Gasteiger partial charge in [-0.05, 0) is 42.2 Å². The molecule has 2 amide bonds. The minimum absolute atomic E-state index is 0.133. The van der Waals surface area contributed by atoms with Gasteiger partial charge in [-0.2, -0.15) is 0 Å². The van der Waals surface area contributed by atoms with Crippen LogP contribution in [0.1, 0.15) is 42.0 Å². The fourth-order valence-corrected chi connectivity index (χ4v) is 3.92. The molecule has 0 fully saturated rings. The molecule has 0 bridgehead atoms. The zero-order valence-corrected chi connectivity index (χ0v) is 19.4. The van der Waals surface area contributed by atoms with E-state index in [1.807, 2.05) is 79.7 Å². The summed E-state index contributed by atoms with van der Waals surface area (Å²) in [4.78, 5) is 28.3. The number of aryl methyl sites for hydroxylation is 1. The second kappa shape index (κ2) is 9.33. The van der Waals surface area contributed by atoms with E-state index in [0.717, 1.165) is 16.8 Å². The molecule has 3 aromatic carbocycles. The van der Waals surface area contributed by atoms with Crippen LogP contribution in [0.5, 0.6) is 5.75 Å². The van der Waals surface area contributed by atoms with Crippen molar-refractivity contribution in [2.45, 2.75) is 33.2 Å². The van der Waals surface area contributed by atoms with Gasteiger partial charge >= 0.3 is 0 Å². The van der Waals surface area contributed by atoms with E-state index in [2.05, 4.69) is 19.2 Å². The van der Waals surface area contributed by atoms with E-state index in [4.69, 9.17) is 4.74 Å². The first-order valence-corrected chi connectivity index (χ1v) is 11.1. The van der Waals surface area contributed by atoms with Crippen molar-refractivity contribution in [2.24, 2.45) is 0 Å². The second-order valence-electron chi connectivity index (χ2n) is 8.53. The molecule has 1 N–H and O–H groups in total. The van der Waals surface area contributed by atoms with Crippen LogP contribution in [0, 0.1) is 6.92 Å². The maximum atomic E-state index is 13.5. The van der Waals surface area contributed by atoms with Gasteiger partial charge in [-0.25, -0.2) is 0 Å². The number of amides is 2. The molecule has 5 nitrogen and oxygen atoms in total. The fourth-order valence-electron chi connectivity index (χ4n) is 3.92. The van der Waals surface area contributed by atoms with E-state index in [9.17, 15) is 9.59 Å². The lowest BCUT2D eigenvalue weighted by Gasteiger charge is -2.17. The van der Waals surface area contributed by atoms with E-state index in [-0.39, 0.29) is 24.1 Å². The summed E-state index contributed by atoms with van der Waals surface area (Å²) in [6.07, 6.45) is 0. The number of rotatable bonds is 7. The molecule has 0 unspecified atom stereocenters. The highest BCUT2D eigenvalue weighted by molar-refractivity contribution is 6.36. The van der Waals surface area contributed by atoms with Crippen LogP contribution in [-0.2, 0) is 16.1 Å². The molecule has 0 spiro atoms. The molecule has 33 heavy (non-hydrogen) atoms. The van der Waals surface area contributed by atoms with Gasteiger partial charge in [0, 0.05) is 11.3 Å². The van der Waals surface area contributed by atoms with Gasteiger partial charge in [-0.1, -0.05) is 74.0 Å². The Bertz CT molecular complexity index is 1210. The molecule has 0 saturated carbocycles. The molecule has 3 aromatic rings. The first-order valence-electron chi connectivity index (χ1n) is 11.1. The van der Waals surface area contributed by atoms with Crippen molar-refractivity contribution in [2.75, 3.05) is 12.4 Å². The third-order valence-electron chi connectivity index (χ3n) is 5.88. The Hall–Kier alpha value is -3.86. The normalized spacial score (nSPS) is 13.8. The summed E-state index contributed by atoms with van der Waals surface area (Å²) in [5, 5.41) is 3.23. The van der Waals surface area contributed by atoms with Crippen LogP contribution in [0.15, 0.2) is 78.5 Å². The summed E-state index contributed by atoms with van der Waals surface area (Å²) in [6.45, 7) is 6.39. The van der Waals surface area contributed by atoms with Crippen molar-refractivity contribution < 1.29 is 14.3 Å². The third-order valence-corrected chi connectivity index (χ3v) is 5.88. The minimum Gasteiger partial charge on any atom is -0.496 e. The molecule has 0 aromatic heterocycles. The van der Waals surface area contributed by atoms with Gasteiger partial charge in [0.2, 0.25) is 0 Å². The lowest BCUT2D eigenvalue weighted by atomic mass is 10.0. The van der Waals surface area contributed by atoms with Crippen molar-refractivity contribution in [1.29, 1.82) is 0 Å². The number of hydrogen-bond acceptors (Lipinski definition) is 4. The van der Waals surface area contributed by atoms with E-state index in [1.54, 1.807) is 7.11 Å². The maximum absolute atomic E-state index is 13.5. The molecule has 0 radical (unpaired) electrons. The monoisotopic (exact) mass is 440 g/mol. The zero-order chi connectivity index (χ0) is 23.5. The summed E-state index contributed by atoms with van der Waals surface area (Å²) < 4.78 is 5.43. The number of methoxy groups -OCH3 is 1.